The molecule has 27 heavy (non-hydrogen) atoms. The zero-order valence-electron chi connectivity index (χ0n) is 15.0. The largest absolute Gasteiger partial charge is 0.497 e. The van der Waals surface area contributed by atoms with Crippen LogP contribution in [0.3, 0.4) is 0 Å². The van der Waals surface area contributed by atoms with Gasteiger partial charge < -0.3 is 14.2 Å². The Balaban J connectivity index is 1.65. The second kappa shape index (κ2) is 6.99. The van der Waals surface area contributed by atoms with Crippen LogP contribution in [0.2, 0.25) is 0 Å². The molecule has 2 aromatic carbocycles. The van der Waals surface area contributed by atoms with E-state index in [-0.39, 0.29) is 11.5 Å². The average Bonchev–Trinajstić information content (AvgIpc) is 3.30. The summed E-state index contributed by atoms with van der Waals surface area (Å²) in [5.41, 5.74) is 2.34. The van der Waals surface area contributed by atoms with E-state index in [1.165, 1.54) is 0 Å². The summed E-state index contributed by atoms with van der Waals surface area (Å²) in [6, 6.07) is 12.8. The lowest BCUT2D eigenvalue weighted by Crippen LogP contribution is -2.03. The molecule has 6 nitrogen and oxygen atoms in total. The van der Waals surface area contributed by atoms with E-state index in [9.17, 15) is 4.79 Å². The molecule has 1 aliphatic heterocycles. The zero-order chi connectivity index (χ0) is 18.8. The highest BCUT2D eigenvalue weighted by atomic mass is 16.5. The molecule has 0 amide bonds. The van der Waals surface area contributed by atoms with Gasteiger partial charge in [-0.25, -0.2) is 0 Å². The van der Waals surface area contributed by atoms with Crippen LogP contribution < -0.4 is 14.2 Å². The van der Waals surface area contributed by atoms with Crippen molar-refractivity contribution in [1.82, 2.24) is 9.78 Å². The maximum atomic E-state index is 12.6. The number of ether oxygens (including phenoxy) is 3. The fourth-order valence-corrected chi connectivity index (χ4v) is 3.03. The van der Waals surface area contributed by atoms with Crippen molar-refractivity contribution in [2.75, 3.05) is 14.2 Å². The van der Waals surface area contributed by atoms with Crippen molar-refractivity contribution in [2.24, 2.45) is 0 Å². The van der Waals surface area contributed by atoms with Crippen LogP contribution in [-0.4, -0.2) is 29.8 Å². The molecule has 0 atom stereocenters. The lowest BCUT2D eigenvalue weighted by Gasteiger charge is -2.10. The van der Waals surface area contributed by atoms with E-state index in [1.807, 2.05) is 35.1 Å². The zero-order valence-corrected chi connectivity index (χ0v) is 15.0. The van der Waals surface area contributed by atoms with Crippen molar-refractivity contribution < 1.29 is 19.0 Å². The summed E-state index contributed by atoms with van der Waals surface area (Å²) < 4.78 is 18.2. The SMILES string of the molecule is COc1ccc2c(c1)O/C(=C\c1ccc(OC)c(Cn3cccn3)c1)C2=O. The number of methoxy groups -OCH3 is 2. The quantitative estimate of drug-likeness (QED) is 0.650. The Labute approximate surface area is 156 Å². The predicted molar refractivity (Wildman–Crippen MR) is 100 cm³/mol. The van der Waals surface area contributed by atoms with Crippen molar-refractivity contribution in [1.29, 1.82) is 0 Å². The van der Waals surface area contributed by atoms with Gasteiger partial charge in [0.15, 0.2) is 5.76 Å². The Hall–Kier alpha value is -3.54. The highest BCUT2D eigenvalue weighted by Gasteiger charge is 2.27. The van der Waals surface area contributed by atoms with Crippen LogP contribution in [0.25, 0.3) is 6.08 Å². The number of ketones is 1. The van der Waals surface area contributed by atoms with Crippen LogP contribution in [0.5, 0.6) is 17.2 Å². The number of Topliss-reactive ketones (excluding diaryl/α,β-unsaturated/α-hetero) is 1. The summed E-state index contributed by atoms with van der Waals surface area (Å²) in [7, 11) is 3.21. The molecule has 136 valence electrons. The summed E-state index contributed by atoms with van der Waals surface area (Å²) in [4.78, 5) is 12.6. The molecule has 4 rings (SSSR count). The molecule has 0 unspecified atom stereocenters. The number of carbonyl (C=O) groups excluding carboxylic acids is 1. The Morgan fingerprint density at radius 2 is 2.04 bits per heavy atom. The van der Waals surface area contributed by atoms with Gasteiger partial charge in [-0.3, -0.25) is 9.48 Å². The van der Waals surface area contributed by atoms with Crippen LogP contribution in [-0.2, 0) is 6.54 Å². The number of allylic oxidation sites excluding steroid dienone is 1. The van der Waals surface area contributed by atoms with Gasteiger partial charge in [-0.05, 0) is 42.0 Å². The lowest BCUT2D eigenvalue weighted by atomic mass is 10.1. The highest BCUT2D eigenvalue weighted by molar-refractivity contribution is 6.14. The van der Waals surface area contributed by atoms with Gasteiger partial charge in [0.2, 0.25) is 5.78 Å². The van der Waals surface area contributed by atoms with Crippen LogP contribution in [0.1, 0.15) is 21.5 Å². The molecular formula is C21H18N2O4. The molecule has 0 spiro atoms. The van der Waals surface area contributed by atoms with Gasteiger partial charge >= 0.3 is 0 Å². The smallest absolute Gasteiger partial charge is 0.231 e. The second-order valence-corrected chi connectivity index (χ2v) is 6.08. The average molecular weight is 362 g/mol. The van der Waals surface area contributed by atoms with Gasteiger partial charge in [0.1, 0.15) is 17.2 Å². The standard InChI is InChI=1S/C21H18N2O4/c1-25-16-5-6-17-19(12-16)27-20(21(17)24)11-14-4-7-18(26-2)15(10-14)13-23-9-3-8-22-23/h3-12H,13H2,1-2H3/b20-11-. The Kier molecular flexibility index (Phi) is 4.38. The maximum absolute atomic E-state index is 12.6. The minimum absolute atomic E-state index is 0.142. The van der Waals surface area contributed by atoms with Gasteiger partial charge in [0.25, 0.3) is 0 Å². The number of carbonyl (C=O) groups is 1. The summed E-state index contributed by atoms with van der Waals surface area (Å²) in [6.07, 6.45) is 5.36. The molecule has 6 heteroatoms. The van der Waals surface area contributed by atoms with Crippen LogP contribution in [0.4, 0.5) is 0 Å². The predicted octanol–water partition coefficient (Wildman–Crippen LogP) is 3.56. The molecule has 0 fully saturated rings. The second-order valence-electron chi connectivity index (χ2n) is 6.08. The van der Waals surface area contributed by atoms with Crippen LogP contribution in [0, 0.1) is 0 Å². The molecule has 2 heterocycles. The fourth-order valence-electron chi connectivity index (χ4n) is 3.03. The van der Waals surface area contributed by atoms with Crippen molar-refractivity contribution in [3.8, 4) is 17.2 Å². The topological polar surface area (TPSA) is 62.6 Å². The van der Waals surface area contributed by atoms with Gasteiger partial charge in [0, 0.05) is 24.0 Å². The van der Waals surface area contributed by atoms with E-state index in [2.05, 4.69) is 5.10 Å². The Morgan fingerprint density at radius 3 is 2.78 bits per heavy atom. The third-order valence-electron chi connectivity index (χ3n) is 4.37. The minimum atomic E-state index is -0.142. The molecule has 3 aromatic rings. The number of nitrogens with zero attached hydrogens (tertiary/aromatic N) is 2. The molecule has 1 aliphatic rings. The van der Waals surface area contributed by atoms with Gasteiger partial charge in [-0.2, -0.15) is 5.10 Å². The molecular weight excluding hydrogens is 344 g/mol. The molecule has 0 aliphatic carbocycles. The van der Waals surface area contributed by atoms with E-state index in [0.29, 0.717) is 23.6 Å². The number of aromatic nitrogens is 2. The molecule has 0 bridgehead atoms. The van der Waals surface area contributed by atoms with Crippen molar-refractivity contribution in [3.63, 3.8) is 0 Å². The molecule has 0 saturated heterocycles. The van der Waals surface area contributed by atoms with E-state index < -0.39 is 0 Å². The molecule has 0 N–H and O–H groups in total. The van der Waals surface area contributed by atoms with E-state index in [0.717, 1.165) is 16.9 Å². The number of fused-ring (bicyclic) bond motifs is 1. The van der Waals surface area contributed by atoms with Crippen molar-refractivity contribution in [2.45, 2.75) is 6.54 Å². The first-order valence-corrected chi connectivity index (χ1v) is 8.44. The monoisotopic (exact) mass is 362 g/mol. The van der Waals surface area contributed by atoms with Gasteiger partial charge in [-0.15, -0.1) is 0 Å². The molecule has 1 aromatic heterocycles. The fraction of sp³-hybridized carbons (Fsp3) is 0.143. The Morgan fingerprint density at radius 1 is 1.15 bits per heavy atom. The number of hydrogen-bond donors (Lipinski definition) is 0. The van der Waals surface area contributed by atoms with E-state index in [4.69, 9.17) is 14.2 Å². The molecule has 0 radical (unpaired) electrons. The van der Waals surface area contributed by atoms with Crippen LogP contribution >= 0.6 is 0 Å². The van der Waals surface area contributed by atoms with E-state index >= 15 is 0 Å². The first-order chi connectivity index (χ1) is 13.2. The normalized spacial score (nSPS) is 14.1. The number of hydrogen-bond acceptors (Lipinski definition) is 5. The number of benzene rings is 2. The van der Waals surface area contributed by atoms with Gasteiger partial charge in [-0.1, -0.05) is 6.07 Å². The van der Waals surface area contributed by atoms with Crippen molar-refractivity contribution in [3.05, 3.63) is 77.3 Å². The summed E-state index contributed by atoms with van der Waals surface area (Å²) in [5.74, 6) is 2.06. The third-order valence-corrected chi connectivity index (χ3v) is 4.37. The van der Waals surface area contributed by atoms with E-state index in [1.54, 1.807) is 44.7 Å². The highest BCUT2D eigenvalue weighted by Crippen LogP contribution is 2.35. The number of rotatable bonds is 5. The maximum Gasteiger partial charge on any atom is 0.231 e. The van der Waals surface area contributed by atoms with Crippen molar-refractivity contribution >= 4 is 11.9 Å². The first kappa shape index (κ1) is 16.9. The summed E-state index contributed by atoms with van der Waals surface area (Å²) >= 11 is 0. The summed E-state index contributed by atoms with van der Waals surface area (Å²) in [5, 5.41) is 4.23. The minimum Gasteiger partial charge on any atom is -0.497 e. The third kappa shape index (κ3) is 3.29. The van der Waals surface area contributed by atoms with Crippen LogP contribution in [0.15, 0.2) is 60.6 Å². The Bertz CT molecular complexity index is 1020. The first-order valence-electron chi connectivity index (χ1n) is 8.44. The summed E-state index contributed by atoms with van der Waals surface area (Å²) in [6.45, 7) is 0.569. The van der Waals surface area contributed by atoms with Gasteiger partial charge in [0.05, 0.1) is 26.3 Å². The molecule has 0 saturated carbocycles. The lowest BCUT2D eigenvalue weighted by molar-refractivity contribution is 0.101.